The summed E-state index contributed by atoms with van der Waals surface area (Å²) in [5.41, 5.74) is 8.02. The molecule has 0 bridgehead atoms. The first-order chi connectivity index (χ1) is 6.88. The van der Waals surface area contributed by atoms with Crippen LogP contribution in [0.2, 0.25) is 0 Å². The summed E-state index contributed by atoms with van der Waals surface area (Å²) in [6.45, 7) is 11.5. The zero-order chi connectivity index (χ0) is 11.6. The molecule has 0 aliphatic heterocycles. The van der Waals surface area contributed by atoms with Crippen molar-refractivity contribution in [2.75, 3.05) is 6.54 Å². The van der Waals surface area contributed by atoms with Crippen molar-refractivity contribution in [3.05, 3.63) is 17.2 Å². The second kappa shape index (κ2) is 4.35. The molecule has 0 saturated carbocycles. The average Bonchev–Trinajstić information content (AvgIpc) is 2.47. The number of nitrogens with one attached hydrogen (secondary N) is 1. The fourth-order valence-corrected chi connectivity index (χ4v) is 1.84. The monoisotopic (exact) mass is 209 g/mol. The van der Waals surface area contributed by atoms with Crippen LogP contribution < -0.4 is 5.73 Å². The largest absolute Gasteiger partial charge is 0.345 e. The first-order valence-corrected chi connectivity index (χ1v) is 5.65. The summed E-state index contributed by atoms with van der Waals surface area (Å²) < 4.78 is 0. The Morgan fingerprint density at radius 2 is 2.00 bits per heavy atom. The summed E-state index contributed by atoms with van der Waals surface area (Å²) in [6.07, 6.45) is 0.956. The second-order valence-corrected chi connectivity index (χ2v) is 5.17. The third kappa shape index (κ3) is 2.59. The molecule has 0 radical (unpaired) electrons. The molecule has 0 saturated heterocycles. The fraction of sp³-hybridized carbons (Fsp3) is 0.750. The average molecular weight is 209 g/mol. The van der Waals surface area contributed by atoms with Gasteiger partial charge in [0.05, 0.1) is 5.69 Å². The van der Waals surface area contributed by atoms with Crippen molar-refractivity contribution in [2.45, 2.75) is 52.4 Å². The van der Waals surface area contributed by atoms with Crippen molar-refractivity contribution in [3.8, 4) is 0 Å². The van der Waals surface area contributed by atoms with E-state index in [1.165, 1.54) is 11.4 Å². The highest BCUT2D eigenvalue weighted by Gasteiger charge is 2.24. The Morgan fingerprint density at radius 1 is 1.40 bits per heavy atom. The molecule has 3 heteroatoms. The topological polar surface area (TPSA) is 54.7 Å². The van der Waals surface area contributed by atoms with Crippen molar-refractivity contribution in [2.24, 2.45) is 5.73 Å². The van der Waals surface area contributed by atoms with Gasteiger partial charge in [-0.2, -0.15) is 0 Å². The summed E-state index contributed by atoms with van der Waals surface area (Å²) in [5, 5.41) is 0. The van der Waals surface area contributed by atoms with Crippen LogP contribution in [0, 0.1) is 6.92 Å². The highest BCUT2D eigenvalue weighted by atomic mass is 15.0. The van der Waals surface area contributed by atoms with Gasteiger partial charge in [0.1, 0.15) is 5.82 Å². The van der Waals surface area contributed by atoms with E-state index < -0.39 is 0 Å². The molecule has 0 unspecified atom stereocenters. The summed E-state index contributed by atoms with van der Waals surface area (Å²) in [6, 6.07) is 0. The molecule has 3 nitrogen and oxygen atoms in total. The zero-order valence-corrected chi connectivity index (χ0v) is 10.5. The van der Waals surface area contributed by atoms with Crippen molar-refractivity contribution in [3.63, 3.8) is 0 Å². The molecule has 1 rings (SSSR count). The van der Waals surface area contributed by atoms with Gasteiger partial charge in [-0.05, 0) is 25.8 Å². The van der Waals surface area contributed by atoms with Crippen LogP contribution in [-0.4, -0.2) is 16.5 Å². The summed E-state index contributed by atoms with van der Waals surface area (Å²) in [4.78, 5) is 8.07. The van der Waals surface area contributed by atoms with Crippen molar-refractivity contribution < 1.29 is 0 Å². The summed E-state index contributed by atoms with van der Waals surface area (Å²) in [5.74, 6) is 1.54. The standard InChI is InChI=1S/C12H23N3/c1-8(2)10-9(3)14-11(15-10)12(4,5)6-7-13/h8H,6-7,13H2,1-5H3,(H,14,15). The maximum Gasteiger partial charge on any atom is 0.112 e. The third-order valence-electron chi connectivity index (χ3n) is 2.88. The van der Waals surface area contributed by atoms with Crippen LogP contribution in [0.1, 0.15) is 57.2 Å². The van der Waals surface area contributed by atoms with Crippen molar-refractivity contribution >= 4 is 0 Å². The maximum atomic E-state index is 5.61. The highest BCUT2D eigenvalue weighted by Crippen LogP contribution is 2.27. The number of aromatic amines is 1. The quantitative estimate of drug-likeness (QED) is 0.800. The number of nitrogens with zero attached hydrogens (tertiary/aromatic N) is 1. The van der Waals surface area contributed by atoms with Gasteiger partial charge >= 0.3 is 0 Å². The Hall–Kier alpha value is -0.830. The van der Waals surface area contributed by atoms with Crippen LogP contribution in [0.15, 0.2) is 0 Å². The number of hydrogen-bond acceptors (Lipinski definition) is 2. The Morgan fingerprint density at radius 3 is 2.40 bits per heavy atom. The number of aromatic nitrogens is 2. The Labute approximate surface area is 92.5 Å². The van der Waals surface area contributed by atoms with E-state index in [9.17, 15) is 0 Å². The predicted molar refractivity (Wildman–Crippen MR) is 64.1 cm³/mol. The van der Waals surface area contributed by atoms with Gasteiger partial charge in [0.2, 0.25) is 0 Å². The SMILES string of the molecule is Cc1[nH]c(C(C)(C)CCN)nc1C(C)C. The molecule has 0 aliphatic carbocycles. The van der Waals surface area contributed by atoms with E-state index in [1.807, 2.05) is 0 Å². The number of rotatable bonds is 4. The number of imidazole rings is 1. The predicted octanol–water partition coefficient (Wildman–Crippen LogP) is 2.47. The molecule has 0 amide bonds. The van der Waals surface area contributed by atoms with Gasteiger partial charge in [-0.15, -0.1) is 0 Å². The lowest BCUT2D eigenvalue weighted by atomic mass is 9.88. The number of aryl methyl sites for hydroxylation is 1. The van der Waals surface area contributed by atoms with Gasteiger partial charge < -0.3 is 10.7 Å². The number of hydrogen-bond donors (Lipinski definition) is 2. The molecule has 1 heterocycles. The van der Waals surface area contributed by atoms with Gasteiger partial charge in [0.15, 0.2) is 0 Å². The van der Waals surface area contributed by atoms with Gasteiger partial charge in [0.25, 0.3) is 0 Å². The third-order valence-corrected chi connectivity index (χ3v) is 2.88. The molecule has 0 fully saturated rings. The molecule has 3 N–H and O–H groups in total. The first kappa shape index (κ1) is 12.2. The molecule has 1 aromatic rings. The molecular formula is C12H23N3. The van der Waals surface area contributed by atoms with Gasteiger partial charge in [-0.3, -0.25) is 0 Å². The minimum absolute atomic E-state index is 0.0483. The van der Waals surface area contributed by atoms with Crippen LogP contribution >= 0.6 is 0 Å². The van der Waals surface area contributed by atoms with E-state index >= 15 is 0 Å². The summed E-state index contributed by atoms with van der Waals surface area (Å²) in [7, 11) is 0. The first-order valence-electron chi connectivity index (χ1n) is 5.65. The smallest absolute Gasteiger partial charge is 0.112 e. The van der Waals surface area contributed by atoms with E-state index in [2.05, 4.69) is 44.6 Å². The van der Waals surface area contributed by atoms with E-state index in [0.717, 1.165) is 12.2 Å². The molecule has 0 atom stereocenters. The second-order valence-electron chi connectivity index (χ2n) is 5.17. The van der Waals surface area contributed by atoms with Crippen LogP contribution in [0.4, 0.5) is 0 Å². The van der Waals surface area contributed by atoms with Crippen LogP contribution in [0.5, 0.6) is 0 Å². The number of nitrogens with two attached hydrogens (primary N) is 1. The van der Waals surface area contributed by atoms with E-state index in [0.29, 0.717) is 12.5 Å². The van der Waals surface area contributed by atoms with Gasteiger partial charge in [-0.25, -0.2) is 4.98 Å². The van der Waals surface area contributed by atoms with Crippen molar-refractivity contribution in [1.29, 1.82) is 0 Å². The molecule has 86 valence electrons. The van der Waals surface area contributed by atoms with E-state index in [-0.39, 0.29) is 5.41 Å². The molecule has 0 spiro atoms. The van der Waals surface area contributed by atoms with Crippen LogP contribution in [0.25, 0.3) is 0 Å². The molecule has 0 aliphatic rings. The van der Waals surface area contributed by atoms with Crippen molar-refractivity contribution in [1.82, 2.24) is 9.97 Å². The fourth-order valence-electron chi connectivity index (χ4n) is 1.84. The molecular weight excluding hydrogens is 186 g/mol. The van der Waals surface area contributed by atoms with E-state index in [4.69, 9.17) is 5.73 Å². The lowest BCUT2D eigenvalue weighted by molar-refractivity contribution is 0.460. The normalized spacial score (nSPS) is 12.5. The lowest BCUT2D eigenvalue weighted by Gasteiger charge is -2.20. The Kier molecular flexibility index (Phi) is 3.55. The molecule has 0 aromatic carbocycles. The number of H-pyrrole nitrogens is 1. The molecule has 1 aromatic heterocycles. The lowest BCUT2D eigenvalue weighted by Crippen LogP contribution is -2.23. The minimum atomic E-state index is 0.0483. The van der Waals surface area contributed by atoms with Crippen LogP contribution in [-0.2, 0) is 5.41 Å². The van der Waals surface area contributed by atoms with Gasteiger partial charge in [0, 0.05) is 11.1 Å². The van der Waals surface area contributed by atoms with E-state index in [1.54, 1.807) is 0 Å². The summed E-state index contributed by atoms with van der Waals surface area (Å²) >= 11 is 0. The molecule has 15 heavy (non-hydrogen) atoms. The van der Waals surface area contributed by atoms with Gasteiger partial charge in [-0.1, -0.05) is 27.7 Å². The maximum absolute atomic E-state index is 5.61. The van der Waals surface area contributed by atoms with Crippen LogP contribution in [0.3, 0.4) is 0 Å². The Balaban J connectivity index is 3.01. The highest BCUT2D eigenvalue weighted by molar-refractivity contribution is 5.20. The Bertz CT molecular complexity index is 324. The minimum Gasteiger partial charge on any atom is -0.345 e. The zero-order valence-electron chi connectivity index (χ0n) is 10.5.